The van der Waals surface area contributed by atoms with Crippen LogP contribution in [0.15, 0.2) is 35.1 Å². The van der Waals surface area contributed by atoms with Crippen LogP contribution in [-0.2, 0) is 4.74 Å². The third kappa shape index (κ3) is 2.31. The molecule has 0 radical (unpaired) electrons. The Morgan fingerprint density at radius 3 is 2.81 bits per heavy atom. The summed E-state index contributed by atoms with van der Waals surface area (Å²) in [7, 11) is 1.27. The van der Waals surface area contributed by atoms with Gasteiger partial charge < -0.3 is 14.5 Å². The van der Waals surface area contributed by atoms with Crippen molar-refractivity contribution in [2.45, 2.75) is 0 Å². The van der Waals surface area contributed by atoms with Crippen LogP contribution in [0.2, 0.25) is 0 Å². The molecule has 0 saturated heterocycles. The van der Waals surface area contributed by atoms with E-state index >= 15 is 0 Å². The zero-order valence-electron chi connectivity index (χ0n) is 11.0. The Morgan fingerprint density at radius 2 is 2.05 bits per heavy atom. The number of methoxy groups -OCH3 is 1. The average Bonchev–Trinajstić information content (AvgIpc) is 2.62. The fourth-order valence-corrected chi connectivity index (χ4v) is 2.04. The average molecular weight is 287 g/mol. The molecule has 1 aliphatic rings. The van der Waals surface area contributed by atoms with Crippen LogP contribution in [-0.4, -0.2) is 18.1 Å². The molecule has 0 aliphatic carbocycles. The van der Waals surface area contributed by atoms with E-state index in [-0.39, 0.29) is 17.0 Å². The number of benzene rings is 1. The smallest absolute Gasteiger partial charge is 0.337 e. The highest BCUT2D eigenvalue weighted by Gasteiger charge is 2.19. The van der Waals surface area contributed by atoms with Crippen LogP contribution >= 0.6 is 0 Å². The second kappa shape index (κ2) is 4.90. The molecule has 0 bridgehead atoms. The molecular formula is C15H10FNO4. The zero-order chi connectivity index (χ0) is 15.0. The number of pyridine rings is 1. The summed E-state index contributed by atoms with van der Waals surface area (Å²) in [6.07, 6.45) is 1.23. The number of aromatic nitrogens is 1. The van der Waals surface area contributed by atoms with Crippen molar-refractivity contribution in [2.75, 3.05) is 7.11 Å². The molecule has 0 atom stereocenters. The molecule has 0 unspecified atom stereocenters. The van der Waals surface area contributed by atoms with Crippen molar-refractivity contribution in [1.29, 1.82) is 0 Å². The van der Waals surface area contributed by atoms with Gasteiger partial charge >= 0.3 is 5.97 Å². The van der Waals surface area contributed by atoms with E-state index < -0.39 is 17.4 Å². The van der Waals surface area contributed by atoms with Gasteiger partial charge in [-0.15, -0.1) is 0 Å². The molecule has 0 spiro atoms. The Hall–Kier alpha value is -2.89. The quantitative estimate of drug-likeness (QED) is 0.819. The van der Waals surface area contributed by atoms with E-state index in [0.29, 0.717) is 11.3 Å². The Bertz CT molecular complexity index is 823. The molecule has 0 fully saturated rings. The first-order valence-electron chi connectivity index (χ1n) is 6.09. The summed E-state index contributed by atoms with van der Waals surface area (Å²) in [5, 5.41) is 0. The lowest BCUT2D eigenvalue weighted by Crippen LogP contribution is -2.06. The normalized spacial score (nSPS) is 12.4. The number of ether oxygens (including phenoxy) is 2. The maximum atomic E-state index is 14.1. The molecular weight excluding hydrogens is 277 g/mol. The molecule has 1 aromatic carbocycles. The molecule has 2 heterocycles. The Balaban J connectivity index is 2.16. The van der Waals surface area contributed by atoms with Gasteiger partial charge in [0, 0.05) is 11.6 Å². The fourth-order valence-electron chi connectivity index (χ4n) is 2.04. The van der Waals surface area contributed by atoms with E-state index in [2.05, 4.69) is 9.72 Å². The number of esters is 1. The van der Waals surface area contributed by atoms with Crippen molar-refractivity contribution in [3.8, 4) is 11.5 Å². The third-order valence-electron chi connectivity index (χ3n) is 3.06. The van der Waals surface area contributed by atoms with Gasteiger partial charge in [-0.2, -0.15) is 0 Å². The van der Waals surface area contributed by atoms with Crippen LogP contribution in [0.5, 0.6) is 11.5 Å². The summed E-state index contributed by atoms with van der Waals surface area (Å²) < 4.78 is 24.4. The third-order valence-corrected chi connectivity index (χ3v) is 3.06. The highest BCUT2D eigenvalue weighted by Crippen LogP contribution is 2.37. The molecule has 5 nitrogen and oxygen atoms in total. The van der Waals surface area contributed by atoms with Crippen LogP contribution in [0.3, 0.4) is 0 Å². The van der Waals surface area contributed by atoms with Crippen LogP contribution < -0.4 is 10.3 Å². The molecule has 3 rings (SSSR count). The molecule has 6 heteroatoms. The van der Waals surface area contributed by atoms with Crippen molar-refractivity contribution in [2.24, 2.45) is 0 Å². The van der Waals surface area contributed by atoms with Gasteiger partial charge in [0.2, 0.25) is 5.56 Å². The van der Waals surface area contributed by atoms with Gasteiger partial charge in [-0.3, -0.25) is 4.79 Å². The minimum atomic E-state index is -0.618. The van der Waals surface area contributed by atoms with Crippen molar-refractivity contribution >= 4 is 17.9 Å². The summed E-state index contributed by atoms with van der Waals surface area (Å²) in [5.74, 6) is -0.660. The second-order valence-electron chi connectivity index (χ2n) is 4.40. The molecule has 0 saturated carbocycles. The summed E-state index contributed by atoms with van der Waals surface area (Å²) in [5.41, 5.74) is 0.288. The largest absolute Gasteiger partial charge is 0.465 e. The van der Waals surface area contributed by atoms with E-state index in [4.69, 9.17) is 4.74 Å². The van der Waals surface area contributed by atoms with Crippen LogP contribution in [0.25, 0.3) is 11.9 Å². The number of halogens is 1. The van der Waals surface area contributed by atoms with Crippen molar-refractivity contribution in [3.63, 3.8) is 0 Å². The van der Waals surface area contributed by atoms with Gasteiger partial charge in [-0.05, 0) is 24.3 Å². The standard InChI is InChI=1S/C15H10FNO4/c1-20-15(19)9-3-2-8-6-10(16)14-11(21-12(8)7-9)4-5-13(18)17-14/h2-7H,1H3,(H,17,18). The minimum Gasteiger partial charge on any atom is -0.465 e. The lowest BCUT2D eigenvalue weighted by atomic mass is 10.1. The van der Waals surface area contributed by atoms with E-state index in [0.717, 1.165) is 0 Å². The van der Waals surface area contributed by atoms with E-state index in [1.54, 1.807) is 6.07 Å². The van der Waals surface area contributed by atoms with Gasteiger partial charge in [-0.25, -0.2) is 9.18 Å². The van der Waals surface area contributed by atoms with Gasteiger partial charge in [0.05, 0.1) is 12.7 Å². The SMILES string of the molecule is COC(=O)c1ccc2c(c1)Oc1ccc(=O)[nH]c1C(F)=C2. The van der Waals surface area contributed by atoms with E-state index in [9.17, 15) is 14.0 Å². The minimum absolute atomic E-state index is 0.0293. The monoisotopic (exact) mass is 287 g/mol. The first kappa shape index (κ1) is 13.1. The molecule has 106 valence electrons. The van der Waals surface area contributed by atoms with Crippen LogP contribution in [0, 0.1) is 0 Å². The molecule has 0 amide bonds. The summed E-state index contributed by atoms with van der Waals surface area (Å²) in [6.45, 7) is 0. The molecule has 1 N–H and O–H groups in total. The van der Waals surface area contributed by atoms with Gasteiger partial charge in [0.25, 0.3) is 0 Å². The number of fused-ring (bicyclic) bond motifs is 2. The van der Waals surface area contributed by atoms with Gasteiger partial charge in [0.1, 0.15) is 11.4 Å². The lowest BCUT2D eigenvalue weighted by Gasteiger charge is -2.09. The highest BCUT2D eigenvalue weighted by molar-refractivity contribution is 5.91. The Morgan fingerprint density at radius 1 is 1.24 bits per heavy atom. The second-order valence-corrected chi connectivity index (χ2v) is 4.40. The number of nitrogens with one attached hydrogen (secondary N) is 1. The van der Waals surface area contributed by atoms with Crippen molar-refractivity contribution < 1.29 is 18.7 Å². The predicted octanol–water partition coefficient (Wildman–Crippen LogP) is 2.73. The highest BCUT2D eigenvalue weighted by atomic mass is 19.1. The number of hydrogen-bond acceptors (Lipinski definition) is 4. The number of hydrogen-bond donors (Lipinski definition) is 1. The number of carbonyl (C=O) groups is 1. The summed E-state index contributed by atoms with van der Waals surface area (Å²) >= 11 is 0. The lowest BCUT2D eigenvalue weighted by molar-refractivity contribution is 0.0600. The van der Waals surface area contributed by atoms with Crippen molar-refractivity contribution in [1.82, 2.24) is 4.98 Å². The van der Waals surface area contributed by atoms with E-state index in [1.807, 2.05) is 0 Å². The van der Waals surface area contributed by atoms with Crippen LogP contribution in [0.1, 0.15) is 21.6 Å². The topological polar surface area (TPSA) is 68.4 Å². The number of carbonyl (C=O) groups excluding carboxylic acids is 1. The van der Waals surface area contributed by atoms with E-state index in [1.165, 1.54) is 37.5 Å². The number of rotatable bonds is 1. The first-order valence-corrected chi connectivity index (χ1v) is 6.09. The number of H-pyrrole nitrogens is 1. The zero-order valence-corrected chi connectivity index (χ0v) is 11.0. The summed E-state index contributed by atoms with van der Waals surface area (Å²) in [4.78, 5) is 25.2. The predicted molar refractivity (Wildman–Crippen MR) is 73.9 cm³/mol. The summed E-state index contributed by atoms with van der Waals surface area (Å²) in [6, 6.07) is 7.13. The molecule has 1 aromatic heterocycles. The van der Waals surface area contributed by atoms with Crippen molar-refractivity contribution in [3.05, 3.63) is 57.5 Å². The first-order chi connectivity index (χ1) is 10.1. The maximum Gasteiger partial charge on any atom is 0.337 e. The fraction of sp³-hybridized carbons (Fsp3) is 0.0667. The van der Waals surface area contributed by atoms with Gasteiger partial charge in [-0.1, -0.05) is 6.07 Å². The number of aromatic amines is 1. The maximum absolute atomic E-state index is 14.1. The Kier molecular flexibility index (Phi) is 3.06. The van der Waals surface area contributed by atoms with Crippen LogP contribution in [0.4, 0.5) is 4.39 Å². The molecule has 2 aromatic rings. The van der Waals surface area contributed by atoms with Gasteiger partial charge in [0.15, 0.2) is 11.6 Å². The molecule has 1 aliphatic heterocycles. The molecule has 21 heavy (non-hydrogen) atoms. The Labute approximate surface area is 118 Å².